The van der Waals surface area contributed by atoms with E-state index in [9.17, 15) is 13.9 Å². The van der Waals surface area contributed by atoms with Crippen molar-refractivity contribution < 1.29 is 18.6 Å². The summed E-state index contributed by atoms with van der Waals surface area (Å²) in [7, 11) is 1.44. The monoisotopic (exact) mass is 230 g/mol. The summed E-state index contributed by atoms with van der Waals surface area (Å²) >= 11 is 0. The number of benzene rings is 1. The molecule has 0 saturated carbocycles. The zero-order chi connectivity index (χ0) is 12.3. The summed E-state index contributed by atoms with van der Waals surface area (Å²) in [5.74, 6) is -1.20. The molecule has 2 unspecified atom stereocenters. The molecule has 0 aliphatic rings. The highest BCUT2D eigenvalue weighted by Crippen LogP contribution is 2.26. The lowest BCUT2D eigenvalue weighted by molar-refractivity contribution is -0.0405. The van der Waals surface area contributed by atoms with E-state index in [2.05, 4.69) is 0 Å². The first-order valence-corrected chi connectivity index (χ1v) is 5.13. The molecule has 0 heterocycles. The minimum atomic E-state index is -1.17. The SMILES string of the molecule is COC(C(C)C)C(O)c1cc(F)ccc1F. The van der Waals surface area contributed by atoms with Crippen LogP contribution in [-0.2, 0) is 4.74 Å². The molecule has 4 heteroatoms. The lowest BCUT2D eigenvalue weighted by atomic mass is 9.95. The molecule has 0 aliphatic carbocycles. The molecular formula is C12H16F2O2. The second-order valence-electron chi connectivity index (χ2n) is 4.06. The Morgan fingerprint density at radius 3 is 2.38 bits per heavy atom. The molecule has 0 aromatic heterocycles. The Morgan fingerprint density at radius 1 is 1.25 bits per heavy atom. The smallest absolute Gasteiger partial charge is 0.129 e. The quantitative estimate of drug-likeness (QED) is 0.861. The highest BCUT2D eigenvalue weighted by Gasteiger charge is 2.26. The Kier molecular flexibility index (Phi) is 4.38. The number of hydrogen-bond acceptors (Lipinski definition) is 2. The van der Waals surface area contributed by atoms with Crippen LogP contribution in [0, 0.1) is 17.6 Å². The lowest BCUT2D eigenvalue weighted by Gasteiger charge is -2.25. The number of halogens is 2. The third-order valence-electron chi connectivity index (χ3n) is 2.52. The Balaban J connectivity index is 3.02. The highest BCUT2D eigenvalue weighted by atomic mass is 19.1. The van der Waals surface area contributed by atoms with Gasteiger partial charge in [-0.25, -0.2) is 8.78 Å². The summed E-state index contributed by atoms with van der Waals surface area (Å²) in [6.07, 6.45) is -1.73. The molecule has 0 spiro atoms. The van der Waals surface area contributed by atoms with E-state index in [1.54, 1.807) is 0 Å². The van der Waals surface area contributed by atoms with Crippen molar-refractivity contribution in [3.05, 3.63) is 35.4 Å². The van der Waals surface area contributed by atoms with Gasteiger partial charge >= 0.3 is 0 Å². The molecule has 2 atom stereocenters. The zero-order valence-electron chi connectivity index (χ0n) is 9.58. The predicted molar refractivity (Wildman–Crippen MR) is 57.0 cm³/mol. The number of aliphatic hydroxyl groups is 1. The molecule has 16 heavy (non-hydrogen) atoms. The van der Waals surface area contributed by atoms with Crippen LogP contribution < -0.4 is 0 Å². The molecule has 90 valence electrons. The normalized spacial score (nSPS) is 15.2. The van der Waals surface area contributed by atoms with Gasteiger partial charge in [-0.2, -0.15) is 0 Å². The zero-order valence-corrected chi connectivity index (χ0v) is 9.58. The average Bonchev–Trinajstić information content (AvgIpc) is 2.22. The standard InChI is InChI=1S/C12H16F2O2/c1-7(2)12(16-3)11(15)9-6-8(13)4-5-10(9)14/h4-7,11-12,15H,1-3H3. The maximum absolute atomic E-state index is 13.4. The van der Waals surface area contributed by atoms with E-state index in [1.165, 1.54) is 7.11 Å². The average molecular weight is 230 g/mol. The van der Waals surface area contributed by atoms with E-state index in [0.29, 0.717) is 0 Å². The Morgan fingerprint density at radius 2 is 1.88 bits per heavy atom. The van der Waals surface area contributed by atoms with Crippen molar-refractivity contribution in [3.63, 3.8) is 0 Å². The Hall–Kier alpha value is -1.00. The minimum Gasteiger partial charge on any atom is -0.386 e. The molecule has 2 nitrogen and oxygen atoms in total. The Bertz CT molecular complexity index is 353. The number of methoxy groups -OCH3 is 1. The van der Waals surface area contributed by atoms with E-state index < -0.39 is 23.8 Å². The van der Waals surface area contributed by atoms with Gasteiger partial charge in [0, 0.05) is 12.7 Å². The van der Waals surface area contributed by atoms with Crippen LogP contribution in [0.3, 0.4) is 0 Å². The highest BCUT2D eigenvalue weighted by molar-refractivity contribution is 5.22. The number of rotatable bonds is 4. The minimum absolute atomic E-state index is 0.00247. The summed E-state index contributed by atoms with van der Waals surface area (Å²) < 4.78 is 31.4. The fourth-order valence-electron chi connectivity index (χ4n) is 1.68. The largest absolute Gasteiger partial charge is 0.386 e. The molecular weight excluding hydrogens is 214 g/mol. The van der Waals surface area contributed by atoms with E-state index in [4.69, 9.17) is 4.74 Å². The summed E-state index contributed by atoms with van der Waals surface area (Å²) in [4.78, 5) is 0. The van der Waals surface area contributed by atoms with Gasteiger partial charge in [0.05, 0.1) is 6.10 Å². The van der Waals surface area contributed by atoms with E-state index in [0.717, 1.165) is 18.2 Å². The van der Waals surface area contributed by atoms with Crippen LogP contribution in [0.25, 0.3) is 0 Å². The first-order chi connectivity index (χ1) is 7.47. The third-order valence-corrected chi connectivity index (χ3v) is 2.52. The summed E-state index contributed by atoms with van der Waals surface area (Å²) in [6, 6.07) is 3.01. The second kappa shape index (κ2) is 5.37. The van der Waals surface area contributed by atoms with Crippen molar-refractivity contribution >= 4 is 0 Å². The second-order valence-corrected chi connectivity index (χ2v) is 4.06. The third kappa shape index (κ3) is 2.77. The first-order valence-electron chi connectivity index (χ1n) is 5.13. The lowest BCUT2D eigenvalue weighted by Crippen LogP contribution is -2.27. The van der Waals surface area contributed by atoms with Gasteiger partial charge in [0.15, 0.2) is 0 Å². The molecule has 0 fully saturated rings. The van der Waals surface area contributed by atoms with Crippen molar-refractivity contribution in [2.75, 3.05) is 7.11 Å². The molecule has 0 bridgehead atoms. The van der Waals surface area contributed by atoms with Gasteiger partial charge in [0.1, 0.15) is 17.7 Å². The van der Waals surface area contributed by atoms with Crippen LogP contribution >= 0.6 is 0 Å². The molecule has 1 aromatic rings. The van der Waals surface area contributed by atoms with Crippen LogP contribution in [0.4, 0.5) is 8.78 Å². The number of ether oxygens (including phenoxy) is 1. The fourth-order valence-corrected chi connectivity index (χ4v) is 1.68. The number of hydrogen-bond donors (Lipinski definition) is 1. The molecule has 1 aromatic carbocycles. The van der Waals surface area contributed by atoms with Crippen LogP contribution in [0.15, 0.2) is 18.2 Å². The maximum Gasteiger partial charge on any atom is 0.129 e. The van der Waals surface area contributed by atoms with Crippen LogP contribution in [-0.4, -0.2) is 18.3 Å². The molecule has 0 aliphatic heterocycles. The summed E-state index contributed by atoms with van der Waals surface area (Å²) in [5, 5.41) is 9.92. The van der Waals surface area contributed by atoms with Gasteiger partial charge in [-0.3, -0.25) is 0 Å². The van der Waals surface area contributed by atoms with E-state index in [1.807, 2.05) is 13.8 Å². The van der Waals surface area contributed by atoms with Gasteiger partial charge in [-0.1, -0.05) is 13.8 Å². The predicted octanol–water partition coefficient (Wildman–Crippen LogP) is 2.67. The number of aliphatic hydroxyl groups excluding tert-OH is 1. The molecule has 0 amide bonds. The van der Waals surface area contributed by atoms with Gasteiger partial charge < -0.3 is 9.84 Å². The van der Waals surface area contributed by atoms with Gasteiger partial charge in [-0.05, 0) is 24.1 Å². The molecule has 1 N–H and O–H groups in total. The van der Waals surface area contributed by atoms with Crippen molar-refractivity contribution in [2.24, 2.45) is 5.92 Å². The molecule has 0 radical (unpaired) electrons. The molecule has 0 saturated heterocycles. The van der Waals surface area contributed by atoms with E-state index >= 15 is 0 Å². The van der Waals surface area contributed by atoms with Crippen molar-refractivity contribution in [2.45, 2.75) is 26.1 Å². The molecule has 1 rings (SSSR count). The summed E-state index contributed by atoms with van der Waals surface area (Å²) in [5.41, 5.74) is -0.0689. The van der Waals surface area contributed by atoms with Gasteiger partial charge in [0.25, 0.3) is 0 Å². The van der Waals surface area contributed by atoms with Gasteiger partial charge in [0.2, 0.25) is 0 Å². The van der Waals surface area contributed by atoms with Crippen molar-refractivity contribution in [3.8, 4) is 0 Å². The Labute approximate surface area is 93.9 Å². The van der Waals surface area contributed by atoms with Crippen LogP contribution in [0.5, 0.6) is 0 Å². The fraction of sp³-hybridized carbons (Fsp3) is 0.500. The van der Waals surface area contributed by atoms with Crippen molar-refractivity contribution in [1.29, 1.82) is 0 Å². The van der Waals surface area contributed by atoms with Crippen molar-refractivity contribution in [1.82, 2.24) is 0 Å². The maximum atomic E-state index is 13.4. The van der Waals surface area contributed by atoms with Crippen LogP contribution in [0.2, 0.25) is 0 Å². The first kappa shape index (κ1) is 13.1. The van der Waals surface area contributed by atoms with E-state index in [-0.39, 0.29) is 11.5 Å². The van der Waals surface area contributed by atoms with Gasteiger partial charge in [-0.15, -0.1) is 0 Å². The van der Waals surface area contributed by atoms with Crippen LogP contribution in [0.1, 0.15) is 25.5 Å². The summed E-state index contributed by atoms with van der Waals surface area (Å²) in [6.45, 7) is 3.68. The topological polar surface area (TPSA) is 29.5 Å².